The van der Waals surface area contributed by atoms with Crippen LogP contribution in [-0.4, -0.2) is 62.2 Å². The van der Waals surface area contributed by atoms with Gasteiger partial charge in [0.2, 0.25) is 0 Å². The fraction of sp³-hybridized carbons (Fsp3) is 0.500. The van der Waals surface area contributed by atoms with Gasteiger partial charge in [0.25, 0.3) is 0 Å². The number of hydrogen-bond donors (Lipinski definition) is 2. The summed E-state index contributed by atoms with van der Waals surface area (Å²) in [5.41, 5.74) is 2.22. The van der Waals surface area contributed by atoms with Crippen molar-refractivity contribution in [3.05, 3.63) is 59.5 Å². The molecule has 2 heterocycles. The van der Waals surface area contributed by atoms with E-state index in [9.17, 15) is 4.39 Å². The molecule has 2 aliphatic rings. The second-order valence-electron chi connectivity index (χ2n) is 8.62. The highest BCUT2D eigenvalue weighted by Crippen LogP contribution is 2.47. The van der Waals surface area contributed by atoms with Crippen LogP contribution in [0.4, 0.5) is 10.2 Å². The van der Waals surface area contributed by atoms with E-state index in [-0.39, 0.29) is 11.2 Å². The highest BCUT2D eigenvalue weighted by atomic mass is 19.1. The number of nitrogens with zero attached hydrogens (tertiary/aromatic N) is 4. The third-order valence-electron chi connectivity index (χ3n) is 6.31. The molecular weight excluding hydrogens is 391 g/mol. The molecule has 1 aromatic heterocycles. The lowest BCUT2D eigenvalue weighted by Crippen LogP contribution is -2.45. The largest absolute Gasteiger partial charge is 0.357 e. The molecule has 0 atom stereocenters. The topological polar surface area (TPSA) is 55.8 Å². The highest BCUT2D eigenvalue weighted by molar-refractivity contribution is 5.80. The number of pyridine rings is 1. The summed E-state index contributed by atoms with van der Waals surface area (Å²) in [6, 6.07) is 11.1. The van der Waals surface area contributed by atoms with Gasteiger partial charge >= 0.3 is 0 Å². The van der Waals surface area contributed by atoms with E-state index in [2.05, 4.69) is 45.5 Å². The number of anilines is 1. The van der Waals surface area contributed by atoms with Crippen molar-refractivity contribution in [3.8, 4) is 0 Å². The van der Waals surface area contributed by atoms with E-state index in [1.165, 1.54) is 6.07 Å². The van der Waals surface area contributed by atoms with Crippen LogP contribution in [0.1, 0.15) is 30.9 Å². The molecule has 2 fully saturated rings. The van der Waals surface area contributed by atoms with E-state index in [0.29, 0.717) is 6.54 Å². The van der Waals surface area contributed by atoms with Crippen molar-refractivity contribution in [2.45, 2.75) is 31.7 Å². The average molecular weight is 425 g/mol. The van der Waals surface area contributed by atoms with Crippen LogP contribution in [0.5, 0.6) is 0 Å². The Labute approximate surface area is 184 Å². The van der Waals surface area contributed by atoms with Gasteiger partial charge in [-0.2, -0.15) is 0 Å². The monoisotopic (exact) mass is 424 g/mol. The summed E-state index contributed by atoms with van der Waals surface area (Å²) in [6.07, 6.45) is 4.00. The lowest BCUT2D eigenvalue weighted by molar-refractivity contribution is 0.312. The summed E-state index contributed by atoms with van der Waals surface area (Å²) in [5, 5.41) is 6.84. The zero-order valence-corrected chi connectivity index (χ0v) is 18.6. The molecule has 6 nitrogen and oxygen atoms in total. The van der Waals surface area contributed by atoms with Crippen molar-refractivity contribution in [2.24, 2.45) is 4.99 Å². The van der Waals surface area contributed by atoms with Crippen molar-refractivity contribution in [1.82, 2.24) is 20.5 Å². The van der Waals surface area contributed by atoms with E-state index in [1.54, 1.807) is 12.1 Å². The lowest BCUT2D eigenvalue weighted by atomic mass is 9.96. The number of piperazine rings is 1. The number of benzene rings is 1. The number of halogens is 1. The van der Waals surface area contributed by atoms with Crippen molar-refractivity contribution in [1.29, 1.82) is 0 Å². The molecule has 1 aromatic carbocycles. The van der Waals surface area contributed by atoms with Crippen LogP contribution >= 0.6 is 0 Å². The van der Waals surface area contributed by atoms with Gasteiger partial charge in [-0.1, -0.05) is 18.2 Å². The second kappa shape index (κ2) is 9.64. The van der Waals surface area contributed by atoms with Gasteiger partial charge in [0.15, 0.2) is 5.96 Å². The van der Waals surface area contributed by atoms with Gasteiger partial charge in [0.05, 0.1) is 6.54 Å². The quantitative estimate of drug-likeness (QED) is 0.529. The molecule has 2 aromatic rings. The molecular formula is C24H33FN6. The third kappa shape index (κ3) is 5.34. The minimum absolute atomic E-state index is 0.0115. The first kappa shape index (κ1) is 21.6. The molecule has 166 valence electrons. The average Bonchev–Trinajstić information content (AvgIpc) is 3.58. The van der Waals surface area contributed by atoms with E-state index in [4.69, 9.17) is 4.99 Å². The second-order valence-corrected chi connectivity index (χ2v) is 8.62. The molecule has 4 rings (SSSR count). The summed E-state index contributed by atoms with van der Waals surface area (Å²) < 4.78 is 13.7. The number of likely N-dealkylation sites (N-methyl/N-ethyl adjacent to an activating group) is 1. The minimum Gasteiger partial charge on any atom is -0.357 e. The van der Waals surface area contributed by atoms with Gasteiger partial charge in [-0.3, -0.25) is 0 Å². The molecule has 0 unspecified atom stereocenters. The molecule has 0 amide bonds. The predicted octanol–water partition coefficient (Wildman–Crippen LogP) is 2.76. The normalized spacial score (nSPS) is 18.7. The molecule has 1 aliphatic carbocycles. The van der Waals surface area contributed by atoms with Gasteiger partial charge in [-0.25, -0.2) is 14.4 Å². The Hall–Kier alpha value is -2.67. The Morgan fingerprint density at radius 3 is 2.65 bits per heavy atom. The molecule has 0 radical (unpaired) electrons. The van der Waals surface area contributed by atoms with E-state index < -0.39 is 0 Å². The van der Waals surface area contributed by atoms with Crippen LogP contribution in [0.2, 0.25) is 0 Å². The van der Waals surface area contributed by atoms with Crippen molar-refractivity contribution >= 4 is 11.8 Å². The standard InChI is InChI=1S/C24H33FN6/c1-3-26-23(29-18-24(9-10-24)20-7-4-8-21(25)16-20)28-17-19-6-5-11-27-22(19)31-14-12-30(2)13-15-31/h4-8,11,16H,3,9-10,12-15,17-18H2,1-2H3,(H2,26,28,29). The molecule has 1 aliphatic heterocycles. The summed E-state index contributed by atoms with van der Waals surface area (Å²) in [5.74, 6) is 1.66. The highest BCUT2D eigenvalue weighted by Gasteiger charge is 2.44. The minimum atomic E-state index is -0.169. The molecule has 31 heavy (non-hydrogen) atoms. The summed E-state index contributed by atoms with van der Waals surface area (Å²) >= 11 is 0. The molecule has 0 bridgehead atoms. The SMILES string of the molecule is CCNC(=NCc1cccnc1N1CCN(C)CC1)NCC1(c2cccc(F)c2)CC1. The maximum Gasteiger partial charge on any atom is 0.191 e. The van der Waals surface area contributed by atoms with Crippen LogP contribution in [-0.2, 0) is 12.0 Å². The van der Waals surface area contributed by atoms with Crippen LogP contribution in [0.15, 0.2) is 47.6 Å². The van der Waals surface area contributed by atoms with Crippen LogP contribution in [0.25, 0.3) is 0 Å². The zero-order chi connectivity index (χ0) is 21.7. The maximum atomic E-state index is 13.7. The number of aliphatic imine (C=N–C) groups is 1. The molecule has 1 saturated heterocycles. The van der Waals surface area contributed by atoms with Crippen LogP contribution in [0.3, 0.4) is 0 Å². The third-order valence-corrected chi connectivity index (χ3v) is 6.31. The Morgan fingerprint density at radius 1 is 1.13 bits per heavy atom. The first-order valence-electron chi connectivity index (χ1n) is 11.3. The van der Waals surface area contributed by atoms with Gasteiger partial charge < -0.3 is 20.4 Å². The number of rotatable bonds is 7. The van der Waals surface area contributed by atoms with Crippen molar-refractivity contribution in [2.75, 3.05) is 51.2 Å². The Bertz CT molecular complexity index is 902. The first-order chi connectivity index (χ1) is 15.1. The van der Waals surface area contributed by atoms with Gasteiger partial charge in [0.1, 0.15) is 11.6 Å². The van der Waals surface area contributed by atoms with Gasteiger partial charge in [-0.05, 0) is 50.6 Å². The maximum absolute atomic E-state index is 13.7. The van der Waals surface area contributed by atoms with E-state index >= 15 is 0 Å². The predicted molar refractivity (Wildman–Crippen MR) is 124 cm³/mol. The fourth-order valence-corrected chi connectivity index (χ4v) is 4.15. The zero-order valence-electron chi connectivity index (χ0n) is 18.6. The number of hydrogen-bond acceptors (Lipinski definition) is 4. The Balaban J connectivity index is 1.43. The Kier molecular flexibility index (Phi) is 6.70. The smallest absolute Gasteiger partial charge is 0.191 e. The molecule has 0 spiro atoms. The lowest BCUT2D eigenvalue weighted by Gasteiger charge is -2.34. The van der Waals surface area contributed by atoms with Crippen LogP contribution in [0, 0.1) is 5.82 Å². The number of aromatic nitrogens is 1. The summed E-state index contributed by atoms with van der Waals surface area (Å²) in [4.78, 5) is 14.2. The number of nitrogens with one attached hydrogen (secondary N) is 2. The fourth-order valence-electron chi connectivity index (χ4n) is 4.15. The van der Waals surface area contributed by atoms with Crippen molar-refractivity contribution in [3.63, 3.8) is 0 Å². The van der Waals surface area contributed by atoms with Crippen LogP contribution < -0.4 is 15.5 Å². The van der Waals surface area contributed by atoms with Gasteiger partial charge in [-0.15, -0.1) is 0 Å². The molecule has 7 heteroatoms. The Morgan fingerprint density at radius 2 is 1.94 bits per heavy atom. The van der Waals surface area contributed by atoms with E-state index in [0.717, 1.165) is 75.0 Å². The summed E-state index contributed by atoms with van der Waals surface area (Å²) in [7, 11) is 2.16. The molecule has 1 saturated carbocycles. The summed E-state index contributed by atoms with van der Waals surface area (Å²) in [6.45, 7) is 8.24. The van der Waals surface area contributed by atoms with E-state index in [1.807, 2.05) is 18.3 Å². The van der Waals surface area contributed by atoms with Crippen molar-refractivity contribution < 1.29 is 4.39 Å². The first-order valence-corrected chi connectivity index (χ1v) is 11.3. The number of guanidine groups is 1. The molecule has 2 N–H and O–H groups in total. The van der Waals surface area contributed by atoms with Gasteiger partial charge in [0, 0.05) is 56.4 Å².